The lowest BCUT2D eigenvalue weighted by atomic mass is 10.0. The molecule has 1 fully saturated rings. The normalized spacial score (nSPS) is 19.2. The highest BCUT2D eigenvalue weighted by Crippen LogP contribution is 2.18. The predicted octanol–water partition coefficient (Wildman–Crippen LogP) is 2.82. The molecule has 1 saturated heterocycles. The maximum atomic E-state index is 12.1. The number of hydrogen-bond donors (Lipinski definition) is 1. The van der Waals surface area contributed by atoms with Crippen molar-refractivity contribution in [3.63, 3.8) is 0 Å². The van der Waals surface area contributed by atoms with Crippen molar-refractivity contribution >= 4 is 29.6 Å². The number of likely N-dealkylation sites (tertiary alicyclic amines) is 1. The molecule has 1 aromatic rings. The first-order valence-electron chi connectivity index (χ1n) is 6.55. The molecule has 0 radical (unpaired) electrons. The van der Waals surface area contributed by atoms with Gasteiger partial charge in [0.1, 0.15) is 6.04 Å². The third-order valence-corrected chi connectivity index (χ3v) is 3.61. The number of halogens is 1. The first-order chi connectivity index (χ1) is 9.58. The molecule has 1 aliphatic rings. The summed E-state index contributed by atoms with van der Waals surface area (Å²) in [5, 5.41) is 9.78. The Morgan fingerprint density at radius 2 is 1.95 bits per heavy atom. The van der Waals surface area contributed by atoms with Crippen molar-refractivity contribution in [1.29, 1.82) is 0 Å². The second kappa shape index (κ2) is 6.57. The van der Waals surface area contributed by atoms with Crippen LogP contribution in [-0.2, 0) is 9.59 Å². The Morgan fingerprint density at radius 1 is 1.25 bits per heavy atom. The van der Waals surface area contributed by atoms with Crippen molar-refractivity contribution < 1.29 is 14.7 Å². The van der Waals surface area contributed by atoms with Crippen molar-refractivity contribution in [3.8, 4) is 0 Å². The summed E-state index contributed by atoms with van der Waals surface area (Å²) >= 11 is 5.79. The quantitative estimate of drug-likeness (QED) is 0.872. The van der Waals surface area contributed by atoms with E-state index in [1.54, 1.807) is 30.3 Å². The average Bonchev–Trinajstić information content (AvgIpc) is 2.46. The minimum absolute atomic E-state index is 0.257. The van der Waals surface area contributed by atoms with E-state index >= 15 is 0 Å². The van der Waals surface area contributed by atoms with Crippen LogP contribution in [0.25, 0.3) is 6.08 Å². The molecule has 106 valence electrons. The van der Waals surface area contributed by atoms with E-state index in [0.717, 1.165) is 18.4 Å². The molecule has 1 aromatic carbocycles. The number of amides is 1. The summed E-state index contributed by atoms with van der Waals surface area (Å²) in [5.41, 5.74) is 0.853. The number of carbonyl (C=O) groups is 2. The van der Waals surface area contributed by atoms with Crippen LogP contribution in [-0.4, -0.2) is 34.5 Å². The second-order valence-corrected chi connectivity index (χ2v) is 5.20. The van der Waals surface area contributed by atoms with E-state index < -0.39 is 12.0 Å². The van der Waals surface area contributed by atoms with Crippen LogP contribution < -0.4 is 0 Å². The summed E-state index contributed by atoms with van der Waals surface area (Å²) < 4.78 is 0. The van der Waals surface area contributed by atoms with E-state index in [1.807, 2.05) is 0 Å². The maximum Gasteiger partial charge on any atom is 0.326 e. The molecule has 4 nitrogen and oxygen atoms in total. The van der Waals surface area contributed by atoms with E-state index in [-0.39, 0.29) is 5.91 Å². The van der Waals surface area contributed by atoms with Gasteiger partial charge in [-0.15, -0.1) is 0 Å². The van der Waals surface area contributed by atoms with Gasteiger partial charge in [-0.2, -0.15) is 0 Å². The zero-order valence-electron chi connectivity index (χ0n) is 11.0. The zero-order valence-corrected chi connectivity index (χ0v) is 11.7. The highest BCUT2D eigenvalue weighted by molar-refractivity contribution is 6.30. The minimum atomic E-state index is -0.932. The fourth-order valence-corrected chi connectivity index (χ4v) is 2.42. The molecule has 1 N–H and O–H groups in total. The molecule has 1 amide bonds. The van der Waals surface area contributed by atoms with Crippen LogP contribution in [0.4, 0.5) is 0 Å². The lowest BCUT2D eigenvalue weighted by Crippen LogP contribution is -2.47. The van der Waals surface area contributed by atoms with Crippen LogP contribution in [0.3, 0.4) is 0 Å². The van der Waals surface area contributed by atoms with Gasteiger partial charge in [0.15, 0.2) is 0 Å². The van der Waals surface area contributed by atoms with Gasteiger partial charge in [-0.1, -0.05) is 23.7 Å². The molecule has 2 rings (SSSR count). The number of hydrogen-bond acceptors (Lipinski definition) is 2. The van der Waals surface area contributed by atoms with E-state index in [4.69, 9.17) is 16.7 Å². The number of carbonyl (C=O) groups excluding carboxylic acids is 1. The molecule has 20 heavy (non-hydrogen) atoms. The molecule has 1 heterocycles. The maximum absolute atomic E-state index is 12.1. The van der Waals surface area contributed by atoms with E-state index in [9.17, 15) is 9.59 Å². The number of rotatable bonds is 3. The van der Waals surface area contributed by atoms with Gasteiger partial charge in [0.05, 0.1) is 0 Å². The molecule has 5 heteroatoms. The molecule has 1 atom stereocenters. The van der Waals surface area contributed by atoms with Crippen molar-refractivity contribution in [2.75, 3.05) is 6.54 Å². The first-order valence-corrected chi connectivity index (χ1v) is 6.93. The van der Waals surface area contributed by atoms with Crippen LogP contribution in [0.1, 0.15) is 24.8 Å². The SMILES string of the molecule is O=C(O)[C@@H]1CCCCN1C(=O)C=Cc1ccc(Cl)cc1. The number of carboxylic acids is 1. The minimum Gasteiger partial charge on any atom is -0.480 e. The fraction of sp³-hybridized carbons (Fsp3) is 0.333. The smallest absolute Gasteiger partial charge is 0.326 e. The second-order valence-electron chi connectivity index (χ2n) is 4.77. The highest BCUT2D eigenvalue weighted by atomic mass is 35.5. The van der Waals surface area contributed by atoms with Gasteiger partial charge in [-0.3, -0.25) is 4.79 Å². The lowest BCUT2D eigenvalue weighted by Gasteiger charge is -2.32. The van der Waals surface area contributed by atoms with Gasteiger partial charge < -0.3 is 10.0 Å². The third kappa shape index (κ3) is 3.61. The van der Waals surface area contributed by atoms with Gasteiger partial charge in [-0.25, -0.2) is 4.79 Å². The van der Waals surface area contributed by atoms with E-state index in [2.05, 4.69) is 0 Å². The number of benzene rings is 1. The van der Waals surface area contributed by atoms with Crippen LogP contribution in [0.2, 0.25) is 5.02 Å². The Kier molecular flexibility index (Phi) is 4.79. The number of aliphatic carboxylic acids is 1. The Morgan fingerprint density at radius 3 is 2.60 bits per heavy atom. The van der Waals surface area contributed by atoms with Gasteiger partial charge in [0.25, 0.3) is 0 Å². The van der Waals surface area contributed by atoms with E-state index in [1.165, 1.54) is 11.0 Å². The van der Waals surface area contributed by atoms with Crippen molar-refractivity contribution in [3.05, 3.63) is 40.9 Å². The third-order valence-electron chi connectivity index (χ3n) is 3.36. The van der Waals surface area contributed by atoms with Gasteiger partial charge in [0.2, 0.25) is 5.91 Å². The summed E-state index contributed by atoms with van der Waals surface area (Å²) in [6.45, 7) is 0.501. The highest BCUT2D eigenvalue weighted by Gasteiger charge is 2.30. The monoisotopic (exact) mass is 293 g/mol. The van der Waals surface area contributed by atoms with Crippen LogP contribution in [0, 0.1) is 0 Å². The van der Waals surface area contributed by atoms with Crippen LogP contribution >= 0.6 is 11.6 Å². The molecule has 0 spiro atoms. The Bertz CT molecular complexity index is 524. The molecule has 1 aliphatic heterocycles. The molecular weight excluding hydrogens is 278 g/mol. The molecule has 0 saturated carbocycles. The van der Waals surface area contributed by atoms with Crippen LogP contribution in [0.5, 0.6) is 0 Å². The largest absolute Gasteiger partial charge is 0.480 e. The Labute approximate surface area is 122 Å². The summed E-state index contributed by atoms with van der Waals surface area (Å²) in [5.74, 6) is -1.19. The number of piperidine rings is 1. The molecular formula is C15H16ClNO3. The summed E-state index contributed by atoms with van der Waals surface area (Å²) in [7, 11) is 0. The van der Waals surface area contributed by atoms with Gasteiger partial charge in [-0.05, 0) is 43.0 Å². The molecule has 0 aliphatic carbocycles. The van der Waals surface area contributed by atoms with Crippen molar-refractivity contribution in [2.24, 2.45) is 0 Å². The topological polar surface area (TPSA) is 57.6 Å². The van der Waals surface area contributed by atoms with Crippen molar-refractivity contribution in [2.45, 2.75) is 25.3 Å². The predicted molar refractivity (Wildman–Crippen MR) is 77.5 cm³/mol. The van der Waals surface area contributed by atoms with Crippen molar-refractivity contribution in [1.82, 2.24) is 4.90 Å². The summed E-state index contributed by atoms with van der Waals surface area (Å²) in [6, 6.07) is 6.39. The number of nitrogens with zero attached hydrogens (tertiary/aromatic N) is 1. The molecule has 0 bridgehead atoms. The summed E-state index contributed by atoms with van der Waals surface area (Å²) in [4.78, 5) is 24.7. The van der Waals surface area contributed by atoms with E-state index in [0.29, 0.717) is 18.0 Å². The average molecular weight is 294 g/mol. The standard InChI is InChI=1S/C15H16ClNO3/c16-12-7-4-11(5-8-12)6-9-14(18)17-10-2-1-3-13(17)15(19)20/h4-9,13H,1-3,10H2,(H,19,20)/t13-/m0/s1. The lowest BCUT2D eigenvalue weighted by molar-refractivity contribution is -0.150. The summed E-state index contributed by atoms with van der Waals surface area (Å²) in [6.07, 6.45) is 5.32. The molecule has 0 aromatic heterocycles. The first kappa shape index (κ1) is 14.6. The molecule has 0 unspecified atom stereocenters. The zero-order chi connectivity index (χ0) is 14.5. The Balaban J connectivity index is 2.06. The van der Waals surface area contributed by atoms with Gasteiger partial charge >= 0.3 is 5.97 Å². The Hall–Kier alpha value is -1.81. The van der Waals surface area contributed by atoms with Gasteiger partial charge in [0, 0.05) is 17.6 Å². The number of carboxylic acid groups (broad SMARTS) is 1. The fourth-order valence-electron chi connectivity index (χ4n) is 2.29. The van der Waals surface area contributed by atoms with Crippen LogP contribution in [0.15, 0.2) is 30.3 Å².